The van der Waals surface area contributed by atoms with Crippen molar-refractivity contribution in [2.45, 2.75) is 38.3 Å². The predicted octanol–water partition coefficient (Wildman–Crippen LogP) is 0.592. The third-order valence-electron chi connectivity index (χ3n) is 2.02. The van der Waals surface area contributed by atoms with Crippen LogP contribution in [0.25, 0.3) is 0 Å². The van der Waals surface area contributed by atoms with Gasteiger partial charge in [-0.05, 0) is 19.3 Å². The predicted molar refractivity (Wildman–Crippen MR) is 46.6 cm³/mol. The number of hydrogen-bond acceptors (Lipinski definition) is 2. The zero-order chi connectivity index (χ0) is 8.97. The average Bonchev–Trinajstić information content (AvgIpc) is 2.16. The molecule has 0 saturated heterocycles. The first kappa shape index (κ1) is 9.26. The third kappa shape index (κ3) is 2.66. The molecule has 1 aliphatic carbocycles. The molecule has 1 aliphatic rings. The van der Waals surface area contributed by atoms with Gasteiger partial charge in [-0.3, -0.25) is 4.79 Å². The molecule has 0 aliphatic heterocycles. The fourth-order valence-corrected chi connectivity index (χ4v) is 1.41. The van der Waals surface area contributed by atoms with E-state index in [1.165, 1.54) is 6.92 Å². The van der Waals surface area contributed by atoms with Crippen LogP contribution < -0.4 is 5.32 Å². The van der Waals surface area contributed by atoms with Gasteiger partial charge in [-0.1, -0.05) is 12.2 Å². The lowest BCUT2D eigenvalue weighted by Gasteiger charge is -2.19. The molecule has 0 radical (unpaired) electrons. The second-order valence-corrected chi connectivity index (χ2v) is 3.16. The first-order chi connectivity index (χ1) is 5.70. The van der Waals surface area contributed by atoms with Crippen LogP contribution in [0.15, 0.2) is 12.2 Å². The molecule has 68 valence electrons. The van der Waals surface area contributed by atoms with Gasteiger partial charge < -0.3 is 10.4 Å². The van der Waals surface area contributed by atoms with E-state index in [2.05, 4.69) is 5.32 Å². The summed E-state index contributed by atoms with van der Waals surface area (Å²) in [7, 11) is 0. The van der Waals surface area contributed by atoms with Crippen molar-refractivity contribution in [3.63, 3.8) is 0 Å². The van der Waals surface area contributed by atoms with Crippen LogP contribution in [0, 0.1) is 0 Å². The number of carbonyl (C=O) groups is 1. The molecule has 0 saturated carbocycles. The van der Waals surface area contributed by atoms with Crippen LogP contribution in [-0.2, 0) is 4.79 Å². The molecule has 0 heterocycles. The van der Waals surface area contributed by atoms with Crippen LogP contribution in [-0.4, -0.2) is 23.2 Å². The van der Waals surface area contributed by atoms with Gasteiger partial charge in [-0.15, -0.1) is 0 Å². The highest BCUT2D eigenvalue weighted by Crippen LogP contribution is 2.11. The Morgan fingerprint density at radius 2 is 2.42 bits per heavy atom. The monoisotopic (exact) mass is 169 g/mol. The Morgan fingerprint density at radius 1 is 1.67 bits per heavy atom. The number of carbonyl (C=O) groups excluding carboxylic acids is 1. The molecule has 1 amide bonds. The van der Waals surface area contributed by atoms with E-state index in [-0.39, 0.29) is 11.9 Å². The molecule has 0 aromatic heterocycles. The summed E-state index contributed by atoms with van der Waals surface area (Å²) in [6, 6.07) is -0.0961. The van der Waals surface area contributed by atoms with Crippen LogP contribution in [0.3, 0.4) is 0 Å². The van der Waals surface area contributed by atoms with Crippen molar-refractivity contribution in [1.29, 1.82) is 0 Å². The fourth-order valence-electron chi connectivity index (χ4n) is 1.41. The maximum absolute atomic E-state index is 10.7. The van der Waals surface area contributed by atoms with E-state index >= 15 is 0 Å². The number of nitrogens with one attached hydrogen (secondary N) is 1. The van der Waals surface area contributed by atoms with Crippen molar-refractivity contribution < 1.29 is 9.90 Å². The highest BCUT2D eigenvalue weighted by Gasteiger charge is 2.18. The minimum absolute atomic E-state index is 0.0747. The van der Waals surface area contributed by atoms with E-state index in [1.807, 2.05) is 6.08 Å². The van der Waals surface area contributed by atoms with Crippen LogP contribution in [0.4, 0.5) is 0 Å². The van der Waals surface area contributed by atoms with Gasteiger partial charge in [0.15, 0.2) is 0 Å². The molecule has 0 aromatic carbocycles. The van der Waals surface area contributed by atoms with Gasteiger partial charge in [0.05, 0.1) is 12.1 Å². The lowest BCUT2D eigenvalue weighted by molar-refractivity contribution is -0.120. The quantitative estimate of drug-likeness (QED) is 0.564. The molecule has 1 rings (SSSR count). The first-order valence-corrected chi connectivity index (χ1v) is 4.32. The van der Waals surface area contributed by atoms with E-state index in [0.29, 0.717) is 0 Å². The zero-order valence-electron chi connectivity index (χ0n) is 7.29. The summed E-state index contributed by atoms with van der Waals surface area (Å²) in [6.07, 6.45) is 6.08. The Labute approximate surface area is 72.5 Å². The molecule has 0 aromatic rings. The van der Waals surface area contributed by atoms with Gasteiger partial charge in [0.2, 0.25) is 5.91 Å². The Morgan fingerprint density at radius 3 is 3.08 bits per heavy atom. The minimum Gasteiger partial charge on any atom is -0.387 e. The van der Waals surface area contributed by atoms with E-state index in [9.17, 15) is 9.90 Å². The second-order valence-electron chi connectivity index (χ2n) is 3.16. The molecule has 12 heavy (non-hydrogen) atoms. The van der Waals surface area contributed by atoms with Gasteiger partial charge in [-0.2, -0.15) is 0 Å². The number of amides is 1. The van der Waals surface area contributed by atoms with Crippen molar-refractivity contribution in [2.75, 3.05) is 0 Å². The molecular formula is C9H15NO2. The van der Waals surface area contributed by atoms with Crippen LogP contribution >= 0.6 is 0 Å². The van der Waals surface area contributed by atoms with Crippen molar-refractivity contribution in [3.8, 4) is 0 Å². The van der Waals surface area contributed by atoms with Gasteiger partial charge >= 0.3 is 0 Å². The van der Waals surface area contributed by atoms with E-state index in [4.69, 9.17) is 0 Å². The number of aliphatic hydroxyl groups excluding tert-OH is 1. The molecule has 0 bridgehead atoms. The number of hydrogen-bond donors (Lipinski definition) is 2. The highest BCUT2D eigenvalue weighted by molar-refractivity contribution is 5.73. The summed E-state index contributed by atoms with van der Waals surface area (Å²) in [4.78, 5) is 10.7. The summed E-state index contributed by atoms with van der Waals surface area (Å²) in [5.74, 6) is -0.0747. The average molecular weight is 169 g/mol. The molecule has 0 fully saturated rings. The number of aliphatic hydroxyl groups is 1. The number of rotatable bonds is 1. The van der Waals surface area contributed by atoms with Gasteiger partial charge in [0, 0.05) is 6.92 Å². The van der Waals surface area contributed by atoms with Crippen LogP contribution in [0.2, 0.25) is 0 Å². The summed E-state index contributed by atoms with van der Waals surface area (Å²) in [6.45, 7) is 1.47. The molecule has 3 nitrogen and oxygen atoms in total. The molecular weight excluding hydrogens is 154 g/mol. The van der Waals surface area contributed by atoms with Crippen LogP contribution in [0.5, 0.6) is 0 Å². The fraction of sp³-hybridized carbons (Fsp3) is 0.667. The van der Waals surface area contributed by atoms with Crippen LogP contribution in [0.1, 0.15) is 26.2 Å². The summed E-state index contributed by atoms with van der Waals surface area (Å²) < 4.78 is 0. The Hall–Kier alpha value is -0.830. The largest absolute Gasteiger partial charge is 0.387 e. The SMILES string of the molecule is CC(=O)NC1CCCC=CC1O. The Bertz CT molecular complexity index is 189. The molecule has 2 atom stereocenters. The third-order valence-corrected chi connectivity index (χ3v) is 2.02. The summed E-state index contributed by atoms with van der Waals surface area (Å²) in [5, 5.41) is 12.2. The molecule has 2 N–H and O–H groups in total. The van der Waals surface area contributed by atoms with Gasteiger partial charge in [0.1, 0.15) is 0 Å². The van der Waals surface area contributed by atoms with Crippen molar-refractivity contribution in [2.24, 2.45) is 0 Å². The maximum Gasteiger partial charge on any atom is 0.217 e. The smallest absolute Gasteiger partial charge is 0.217 e. The lowest BCUT2D eigenvalue weighted by Crippen LogP contribution is -2.40. The van der Waals surface area contributed by atoms with Gasteiger partial charge in [-0.25, -0.2) is 0 Å². The Kier molecular flexibility index (Phi) is 3.29. The zero-order valence-corrected chi connectivity index (χ0v) is 7.29. The highest BCUT2D eigenvalue weighted by atomic mass is 16.3. The second kappa shape index (κ2) is 4.26. The van der Waals surface area contributed by atoms with E-state index < -0.39 is 6.10 Å². The van der Waals surface area contributed by atoms with Crippen molar-refractivity contribution >= 4 is 5.91 Å². The first-order valence-electron chi connectivity index (χ1n) is 4.32. The van der Waals surface area contributed by atoms with E-state index in [0.717, 1.165) is 19.3 Å². The Balaban J connectivity index is 2.49. The van der Waals surface area contributed by atoms with Gasteiger partial charge in [0.25, 0.3) is 0 Å². The summed E-state index contributed by atoms with van der Waals surface area (Å²) in [5.41, 5.74) is 0. The van der Waals surface area contributed by atoms with Crippen molar-refractivity contribution in [3.05, 3.63) is 12.2 Å². The lowest BCUT2D eigenvalue weighted by atomic mass is 10.1. The maximum atomic E-state index is 10.7. The number of allylic oxidation sites excluding steroid dienone is 1. The summed E-state index contributed by atoms with van der Waals surface area (Å²) >= 11 is 0. The van der Waals surface area contributed by atoms with E-state index in [1.54, 1.807) is 6.08 Å². The minimum atomic E-state index is -0.517. The van der Waals surface area contributed by atoms with Crippen molar-refractivity contribution in [1.82, 2.24) is 5.32 Å². The molecule has 2 unspecified atom stereocenters. The standard InChI is InChI=1S/C9H15NO2/c1-7(11)10-8-5-3-2-4-6-9(8)12/h4,6,8-9,12H,2-3,5H2,1H3,(H,10,11). The topological polar surface area (TPSA) is 49.3 Å². The molecule has 0 spiro atoms. The normalized spacial score (nSPS) is 29.5. The molecule has 3 heteroatoms.